The molecule has 1 unspecified atom stereocenters. The van der Waals surface area contributed by atoms with Crippen LogP contribution in [0.2, 0.25) is 0 Å². The Hall–Kier alpha value is -1.55. The summed E-state index contributed by atoms with van der Waals surface area (Å²) in [5.41, 5.74) is 1.16. The molecule has 1 amide bonds. The van der Waals surface area contributed by atoms with Crippen LogP contribution in [0.1, 0.15) is 6.92 Å². The highest BCUT2D eigenvalue weighted by Crippen LogP contribution is 2.13. The first-order valence-electron chi connectivity index (χ1n) is 5.84. The minimum absolute atomic E-state index is 0.0285. The van der Waals surface area contributed by atoms with Gasteiger partial charge in [-0.1, -0.05) is 18.2 Å². The predicted octanol–water partition coefficient (Wildman–Crippen LogP) is 0.847. The van der Waals surface area contributed by atoms with Crippen LogP contribution in [0.25, 0.3) is 0 Å². The van der Waals surface area contributed by atoms with E-state index in [-0.39, 0.29) is 11.9 Å². The summed E-state index contributed by atoms with van der Waals surface area (Å²) in [7, 11) is 3.79. The van der Waals surface area contributed by atoms with Crippen molar-refractivity contribution < 1.29 is 4.79 Å². The lowest BCUT2D eigenvalue weighted by Gasteiger charge is -2.27. The summed E-state index contributed by atoms with van der Waals surface area (Å²) in [5.74, 6) is 0.0285. The molecule has 0 saturated carbocycles. The van der Waals surface area contributed by atoms with Gasteiger partial charge in [-0.25, -0.2) is 0 Å². The van der Waals surface area contributed by atoms with Gasteiger partial charge >= 0.3 is 0 Å². The van der Waals surface area contributed by atoms with E-state index >= 15 is 0 Å². The molecular weight excluding hydrogens is 214 g/mol. The Morgan fingerprint density at radius 1 is 1.35 bits per heavy atom. The van der Waals surface area contributed by atoms with E-state index in [1.807, 2.05) is 25.2 Å². The van der Waals surface area contributed by atoms with E-state index in [1.54, 1.807) is 7.05 Å². The molecule has 0 aliphatic rings. The van der Waals surface area contributed by atoms with Crippen molar-refractivity contribution in [1.29, 1.82) is 0 Å². The fourth-order valence-electron chi connectivity index (χ4n) is 1.54. The molecule has 1 aromatic rings. The number of carbonyl (C=O) groups is 1. The number of amides is 1. The highest BCUT2D eigenvalue weighted by molar-refractivity contribution is 5.78. The van der Waals surface area contributed by atoms with Crippen LogP contribution < -0.4 is 15.5 Å². The molecule has 4 nitrogen and oxygen atoms in total. The van der Waals surface area contributed by atoms with Gasteiger partial charge in [-0.2, -0.15) is 0 Å². The van der Waals surface area contributed by atoms with Crippen molar-refractivity contribution >= 4 is 11.6 Å². The molecule has 0 aliphatic carbocycles. The van der Waals surface area contributed by atoms with Crippen molar-refractivity contribution in [1.82, 2.24) is 10.6 Å². The van der Waals surface area contributed by atoms with Crippen LogP contribution in [0.15, 0.2) is 30.3 Å². The first-order valence-corrected chi connectivity index (χ1v) is 5.84. The molecule has 0 saturated heterocycles. The molecule has 1 aromatic carbocycles. The van der Waals surface area contributed by atoms with Gasteiger partial charge in [-0.3, -0.25) is 4.79 Å². The predicted molar refractivity (Wildman–Crippen MR) is 71.2 cm³/mol. The van der Waals surface area contributed by atoms with E-state index in [0.717, 1.165) is 5.69 Å². The number of rotatable bonds is 6. The number of nitrogens with zero attached hydrogens (tertiary/aromatic N) is 1. The van der Waals surface area contributed by atoms with Gasteiger partial charge in [0.2, 0.25) is 5.91 Å². The lowest BCUT2D eigenvalue weighted by molar-refractivity contribution is -0.120. The van der Waals surface area contributed by atoms with Crippen molar-refractivity contribution in [2.45, 2.75) is 13.0 Å². The first kappa shape index (κ1) is 13.5. The van der Waals surface area contributed by atoms with E-state index in [4.69, 9.17) is 0 Å². The highest BCUT2D eigenvalue weighted by atomic mass is 16.1. The molecule has 2 N–H and O–H groups in total. The van der Waals surface area contributed by atoms with Crippen LogP contribution >= 0.6 is 0 Å². The normalized spacial score (nSPS) is 11.9. The van der Waals surface area contributed by atoms with Crippen LogP contribution in [0, 0.1) is 0 Å². The zero-order chi connectivity index (χ0) is 12.7. The largest absolute Gasteiger partial charge is 0.370 e. The van der Waals surface area contributed by atoms with Crippen molar-refractivity contribution in [3.05, 3.63) is 30.3 Å². The molecule has 17 heavy (non-hydrogen) atoms. The van der Waals surface area contributed by atoms with Crippen LogP contribution in [-0.4, -0.2) is 39.1 Å². The fraction of sp³-hybridized carbons (Fsp3) is 0.462. The minimum Gasteiger partial charge on any atom is -0.370 e. The van der Waals surface area contributed by atoms with Crippen molar-refractivity contribution in [2.75, 3.05) is 32.1 Å². The number of likely N-dealkylation sites (N-methyl/N-ethyl adjacent to an activating group) is 2. The zero-order valence-electron chi connectivity index (χ0n) is 10.7. The molecule has 0 heterocycles. The Morgan fingerprint density at radius 2 is 2.00 bits per heavy atom. The molecule has 0 bridgehead atoms. The van der Waals surface area contributed by atoms with Crippen molar-refractivity contribution in [3.63, 3.8) is 0 Å². The van der Waals surface area contributed by atoms with Gasteiger partial charge in [0.25, 0.3) is 0 Å². The van der Waals surface area contributed by atoms with Crippen molar-refractivity contribution in [2.24, 2.45) is 0 Å². The number of anilines is 1. The van der Waals surface area contributed by atoms with Gasteiger partial charge in [0.1, 0.15) is 0 Å². The summed E-state index contributed by atoms with van der Waals surface area (Å²) < 4.78 is 0. The number of hydrogen-bond acceptors (Lipinski definition) is 3. The lowest BCUT2D eigenvalue weighted by Crippen LogP contribution is -2.42. The molecular formula is C13H21N3O. The van der Waals surface area contributed by atoms with Crippen LogP contribution in [-0.2, 0) is 4.79 Å². The van der Waals surface area contributed by atoms with E-state index < -0.39 is 0 Å². The van der Waals surface area contributed by atoms with Gasteiger partial charge < -0.3 is 15.5 Å². The number of carbonyl (C=O) groups excluding carboxylic acids is 1. The molecule has 94 valence electrons. The number of nitrogens with one attached hydrogen (secondary N) is 2. The Kier molecular flexibility index (Phi) is 5.49. The van der Waals surface area contributed by atoms with Crippen molar-refractivity contribution in [3.8, 4) is 0 Å². The van der Waals surface area contributed by atoms with E-state index in [2.05, 4.69) is 34.6 Å². The number of para-hydroxylation sites is 1. The van der Waals surface area contributed by atoms with E-state index in [9.17, 15) is 4.79 Å². The van der Waals surface area contributed by atoms with Gasteiger partial charge in [0.15, 0.2) is 0 Å². The van der Waals surface area contributed by atoms with Gasteiger partial charge in [-0.15, -0.1) is 0 Å². The molecule has 0 fully saturated rings. The average Bonchev–Trinajstić information content (AvgIpc) is 2.36. The number of hydrogen-bond donors (Lipinski definition) is 2. The van der Waals surface area contributed by atoms with Crippen LogP contribution in [0.5, 0.6) is 0 Å². The van der Waals surface area contributed by atoms with Gasteiger partial charge in [0.05, 0.1) is 6.54 Å². The summed E-state index contributed by atoms with van der Waals surface area (Å²) in [6, 6.07) is 10.4. The summed E-state index contributed by atoms with van der Waals surface area (Å²) in [4.78, 5) is 13.5. The smallest absolute Gasteiger partial charge is 0.234 e. The highest BCUT2D eigenvalue weighted by Gasteiger charge is 2.10. The second kappa shape index (κ2) is 6.91. The quantitative estimate of drug-likeness (QED) is 0.768. The first-order chi connectivity index (χ1) is 8.15. The molecule has 1 atom stereocenters. The molecule has 0 aromatic heterocycles. The van der Waals surface area contributed by atoms with Gasteiger partial charge in [-0.05, 0) is 26.1 Å². The second-order valence-corrected chi connectivity index (χ2v) is 4.13. The fourth-order valence-corrected chi connectivity index (χ4v) is 1.54. The Morgan fingerprint density at radius 3 is 2.59 bits per heavy atom. The monoisotopic (exact) mass is 235 g/mol. The maximum atomic E-state index is 11.3. The third-order valence-electron chi connectivity index (χ3n) is 2.76. The Balaban J connectivity index is 2.42. The summed E-state index contributed by atoms with van der Waals surface area (Å²) >= 11 is 0. The maximum absolute atomic E-state index is 11.3. The summed E-state index contributed by atoms with van der Waals surface area (Å²) in [5, 5.41) is 5.72. The molecule has 0 aliphatic heterocycles. The van der Waals surface area contributed by atoms with Crippen LogP contribution in [0.4, 0.5) is 5.69 Å². The third kappa shape index (κ3) is 4.44. The van der Waals surface area contributed by atoms with E-state index in [1.165, 1.54) is 0 Å². The minimum atomic E-state index is 0.0285. The SMILES string of the molecule is CNCC(=O)NCC(C)N(C)c1ccccc1. The van der Waals surface area contributed by atoms with E-state index in [0.29, 0.717) is 13.1 Å². The van der Waals surface area contributed by atoms with Crippen LogP contribution in [0.3, 0.4) is 0 Å². The summed E-state index contributed by atoms with van der Waals surface area (Å²) in [6.07, 6.45) is 0. The Bertz CT molecular complexity index is 340. The number of benzene rings is 1. The van der Waals surface area contributed by atoms with Gasteiger partial charge in [0, 0.05) is 25.3 Å². The third-order valence-corrected chi connectivity index (χ3v) is 2.76. The zero-order valence-corrected chi connectivity index (χ0v) is 10.7. The maximum Gasteiger partial charge on any atom is 0.234 e. The standard InChI is InChI=1S/C13H21N3O/c1-11(9-15-13(17)10-14-2)16(3)12-7-5-4-6-8-12/h4-8,11,14H,9-10H2,1-3H3,(H,15,17). The molecule has 4 heteroatoms. The average molecular weight is 235 g/mol. The topological polar surface area (TPSA) is 44.4 Å². The molecule has 0 spiro atoms. The second-order valence-electron chi connectivity index (χ2n) is 4.13. The molecule has 1 rings (SSSR count). The lowest BCUT2D eigenvalue weighted by atomic mass is 10.2. The molecule has 0 radical (unpaired) electrons. The Labute approximate surface area is 103 Å². The summed E-state index contributed by atoms with van der Waals surface area (Å²) in [6.45, 7) is 3.10.